The molecule has 0 atom stereocenters. The van der Waals surface area contributed by atoms with Crippen molar-refractivity contribution in [2.75, 3.05) is 18.9 Å². The molecule has 0 aliphatic heterocycles. The van der Waals surface area contributed by atoms with E-state index in [9.17, 15) is 4.79 Å². The second kappa shape index (κ2) is 8.60. The standard InChI is InChI=1S/C20H28N2O3/c1-5-7-11-24-19-18(25-12-10-14(3)4)16-9-8-15(21)13-17(16)22(6-2)20(19)23/h8-10,13H,5-7,11-12,21H2,1-4H3. The first-order chi connectivity index (χ1) is 12.0. The SMILES string of the molecule is CCCCOc1c(OCC=C(C)C)c2ccc(N)cc2n(CC)c1=O. The number of ether oxygens (including phenoxy) is 2. The molecular weight excluding hydrogens is 316 g/mol. The Labute approximate surface area is 149 Å². The minimum atomic E-state index is -0.177. The van der Waals surface area contributed by atoms with Gasteiger partial charge in [-0.15, -0.1) is 0 Å². The number of aromatic nitrogens is 1. The van der Waals surface area contributed by atoms with Crippen LogP contribution in [0.3, 0.4) is 0 Å². The maximum Gasteiger partial charge on any atom is 0.297 e. The molecule has 1 heterocycles. The van der Waals surface area contributed by atoms with Gasteiger partial charge in [-0.1, -0.05) is 18.9 Å². The summed E-state index contributed by atoms with van der Waals surface area (Å²) in [7, 11) is 0. The van der Waals surface area contributed by atoms with Crippen LogP contribution in [0.4, 0.5) is 5.69 Å². The predicted octanol–water partition coefficient (Wildman–Crippen LogP) is 4.13. The van der Waals surface area contributed by atoms with Gasteiger partial charge < -0.3 is 19.8 Å². The number of aryl methyl sites for hydroxylation is 1. The van der Waals surface area contributed by atoms with Crippen LogP contribution in [0.1, 0.15) is 40.5 Å². The van der Waals surface area contributed by atoms with Crippen molar-refractivity contribution < 1.29 is 9.47 Å². The second-order valence-corrected chi connectivity index (χ2v) is 6.28. The van der Waals surface area contributed by atoms with E-state index in [2.05, 4.69) is 6.92 Å². The Morgan fingerprint density at radius 2 is 1.96 bits per heavy atom. The van der Waals surface area contributed by atoms with Gasteiger partial charge in [0.05, 0.1) is 12.1 Å². The van der Waals surface area contributed by atoms with Crippen molar-refractivity contribution in [1.82, 2.24) is 4.57 Å². The molecule has 0 saturated heterocycles. The lowest BCUT2D eigenvalue weighted by Gasteiger charge is -2.18. The third kappa shape index (κ3) is 4.35. The van der Waals surface area contributed by atoms with Crippen molar-refractivity contribution in [2.24, 2.45) is 0 Å². The first-order valence-electron chi connectivity index (χ1n) is 8.84. The number of hydrogen-bond acceptors (Lipinski definition) is 4. The van der Waals surface area contributed by atoms with Crippen LogP contribution in [0.2, 0.25) is 0 Å². The number of benzene rings is 1. The number of nitrogen functional groups attached to an aromatic ring is 1. The van der Waals surface area contributed by atoms with E-state index >= 15 is 0 Å². The van der Waals surface area contributed by atoms with Gasteiger partial charge >= 0.3 is 0 Å². The van der Waals surface area contributed by atoms with Crippen molar-refractivity contribution in [3.8, 4) is 11.5 Å². The highest BCUT2D eigenvalue weighted by Crippen LogP contribution is 2.34. The molecule has 5 nitrogen and oxygen atoms in total. The van der Waals surface area contributed by atoms with Crippen molar-refractivity contribution >= 4 is 16.6 Å². The fourth-order valence-corrected chi connectivity index (χ4v) is 2.61. The van der Waals surface area contributed by atoms with Crippen LogP contribution in [0, 0.1) is 0 Å². The molecule has 0 unspecified atom stereocenters. The summed E-state index contributed by atoms with van der Waals surface area (Å²) in [5, 5.41) is 0.837. The Kier molecular flexibility index (Phi) is 6.51. The summed E-state index contributed by atoms with van der Waals surface area (Å²) in [4.78, 5) is 12.9. The van der Waals surface area contributed by atoms with Gasteiger partial charge in [0.15, 0.2) is 5.75 Å². The molecule has 0 aliphatic rings. The summed E-state index contributed by atoms with van der Waals surface area (Å²) in [6, 6.07) is 5.51. The Bertz CT molecular complexity index is 818. The number of allylic oxidation sites excluding steroid dienone is 1. The largest absolute Gasteiger partial charge is 0.485 e. The van der Waals surface area contributed by atoms with E-state index in [-0.39, 0.29) is 11.3 Å². The van der Waals surface area contributed by atoms with Gasteiger partial charge in [0.1, 0.15) is 6.61 Å². The molecule has 25 heavy (non-hydrogen) atoms. The van der Waals surface area contributed by atoms with Crippen LogP contribution in [0.5, 0.6) is 11.5 Å². The van der Waals surface area contributed by atoms with Crippen LogP contribution in [0.25, 0.3) is 10.9 Å². The van der Waals surface area contributed by atoms with Crippen LogP contribution in [-0.2, 0) is 6.54 Å². The Morgan fingerprint density at radius 3 is 2.60 bits per heavy atom. The smallest absolute Gasteiger partial charge is 0.297 e. The molecule has 0 radical (unpaired) electrons. The topological polar surface area (TPSA) is 66.5 Å². The second-order valence-electron chi connectivity index (χ2n) is 6.28. The summed E-state index contributed by atoms with van der Waals surface area (Å²) < 4.78 is 13.5. The molecule has 0 spiro atoms. The molecule has 1 aromatic carbocycles. The van der Waals surface area contributed by atoms with E-state index in [0.29, 0.717) is 31.2 Å². The molecule has 1 aromatic heterocycles. The fraction of sp³-hybridized carbons (Fsp3) is 0.450. The molecule has 2 N–H and O–H groups in total. The number of fused-ring (bicyclic) bond motifs is 1. The monoisotopic (exact) mass is 344 g/mol. The number of rotatable bonds is 8. The van der Waals surface area contributed by atoms with Crippen LogP contribution in [0.15, 0.2) is 34.6 Å². The van der Waals surface area contributed by atoms with E-state index in [1.807, 2.05) is 45.0 Å². The summed E-state index contributed by atoms with van der Waals surface area (Å²) in [6.45, 7) is 9.46. The molecule has 136 valence electrons. The molecule has 2 aromatic rings. The van der Waals surface area contributed by atoms with Crippen LogP contribution < -0.4 is 20.8 Å². The highest BCUT2D eigenvalue weighted by atomic mass is 16.5. The average molecular weight is 344 g/mol. The molecule has 2 rings (SSSR count). The molecule has 0 fully saturated rings. The summed E-state index contributed by atoms with van der Waals surface area (Å²) in [5.41, 5.74) is 8.29. The lowest BCUT2D eigenvalue weighted by atomic mass is 10.1. The lowest BCUT2D eigenvalue weighted by molar-refractivity contribution is 0.275. The predicted molar refractivity (Wildman–Crippen MR) is 104 cm³/mol. The molecule has 0 saturated carbocycles. The average Bonchev–Trinajstić information content (AvgIpc) is 2.57. The third-order valence-corrected chi connectivity index (χ3v) is 3.98. The van der Waals surface area contributed by atoms with E-state index in [1.165, 1.54) is 0 Å². The zero-order valence-corrected chi connectivity index (χ0v) is 15.6. The van der Waals surface area contributed by atoms with Gasteiger partial charge in [-0.3, -0.25) is 4.79 Å². The first-order valence-corrected chi connectivity index (χ1v) is 8.84. The van der Waals surface area contributed by atoms with Gasteiger partial charge in [-0.2, -0.15) is 0 Å². The van der Waals surface area contributed by atoms with E-state index in [1.54, 1.807) is 4.57 Å². The van der Waals surface area contributed by atoms with Crippen molar-refractivity contribution in [3.05, 3.63) is 40.2 Å². The number of nitrogens with zero attached hydrogens (tertiary/aromatic N) is 1. The maximum absolute atomic E-state index is 12.9. The first kappa shape index (κ1) is 18.9. The van der Waals surface area contributed by atoms with Crippen molar-refractivity contribution in [1.29, 1.82) is 0 Å². The zero-order valence-electron chi connectivity index (χ0n) is 15.6. The normalized spacial score (nSPS) is 10.7. The number of hydrogen-bond donors (Lipinski definition) is 1. The number of anilines is 1. The van der Waals surface area contributed by atoms with Crippen molar-refractivity contribution in [3.63, 3.8) is 0 Å². The molecule has 5 heteroatoms. The molecule has 0 bridgehead atoms. The zero-order chi connectivity index (χ0) is 18.4. The highest BCUT2D eigenvalue weighted by molar-refractivity contribution is 5.90. The van der Waals surface area contributed by atoms with Gasteiger partial charge in [0.2, 0.25) is 5.75 Å². The van der Waals surface area contributed by atoms with Gasteiger partial charge in [0, 0.05) is 17.6 Å². The minimum absolute atomic E-state index is 0.177. The number of pyridine rings is 1. The third-order valence-electron chi connectivity index (χ3n) is 3.98. The maximum atomic E-state index is 12.9. The fourth-order valence-electron chi connectivity index (χ4n) is 2.61. The van der Waals surface area contributed by atoms with Gasteiger partial charge in [-0.25, -0.2) is 0 Å². The summed E-state index contributed by atoms with van der Waals surface area (Å²) >= 11 is 0. The molecular formula is C20H28N2O3. The summed E-state index contributed by atoms with van der Waals surface area (Å²) in [5.74, 6) is 0.785. The van der Waals surface area contributed by atoms with Gasteiger partial charge in [-0.05, 0) is 51.5 Å². The Morgan fingerprint density at radius 1 is 1.20 bits per heavy atom. The van der Waals surface area contributed by atoms with E-state index < -0.39 is 0 Å². The minimum Gasteiger partial charge on any atom is -0.485 e. The molecule has 0 amide bonds. The van der Waals surface area contributed by atoms with Crippen LogP contribution in [-0.4, -0.2) is 17.8 Å². The lowest BCUT2D eigenvalue weighted by Crippen LogP contribution is -2.23. The van der Waals surface area contributed by atoms with Crippen LogP contribution >= 0.6 is 0 Å². The summed E-state index contributed by atoms with van der Waals surface area (Å²) in [6.07, 6.45) is 3.86. The van der Waals surface area contributed by atoms with E-state index in [4.69, 9.17) is 15.2 Å². The Hall–Kier alpha value is -2.43. The Balaban J connectivity index is 2.63. The molecule has 0 aliphatic carbocycles. The quantitative estimate of drug-likeness (QED) is 0.444. The van der Waals surface area contributed by atoms with E-state index in [0.717, 1.165) is 29.3 Å². The van der Waals surface area contributed by atoms with Crippen molar-refractivity contribution in [2.45, 2.75) is 47.1 Å². The highest BCUT2D eigenvalue weighted by Gasteiger charge is 2.19. The number of unbranched alkanes of at least 4 members (excludes halogenated alkanes) is 1. The number of nitrogens with two attached hydrogens (primary N) is 1. The van der Waals surface area contributed by atoms with Gasteiger partial charge in [0.25, 0.3) is 5.56 Å².